The molecule has 0 aromatic carbocycles. The molecule has 5 rings (SSSR count). The molecular formula is C23H37NO4. The van der Waals surface area contributed by atoms with E-state index in [1.807, 2.05) is 21.3 Å². The first-order valence-corrected chi connectivity index (χ1v) is 11.4. The average Bonchev–Trinajstić information content (AvgIpc) is 3.09. The summed E-state index contributed by atoms with van der Waals surface area (Å²) in [4.78, 5) is 14.0. The lowest BCUT2D eigenvalue weighted by atomic mass is 9.46. The van der Waals surface area contributed by atoms with E-state index in [0.717, 1.165) is 25.8 Å². The molecule has 5 fully saturated rings. The van der Waals surface area contributed by atoms with E-state index in [0.29, 0.717) is 41.8 Å². The van der Waals surface area contributed by atoms with Gasteiger partial charge in [-0.05, 0) is 50.0 Å². The third kappa shape index (κ3) is 1.96. The van der Waals surface area contributed by atoms with Crippen LogP contribution in [0.4, 0.5) is 0 Å². The van der Waals surface area contributed by atoms with Gasteiger partial charge in [0.15, 0.2) is 0 Å². The van der Waals surface area contributed by atoms with Crippen molar-refractivity contribution < 1.29 is 19.0 Å². The van der Waals surface area contributed by atoms with Gasteiger partial charge in [-0.1, -0.05) is 13.8 Å². The molecule has 0 aliphatic heterocycles. The van der Waals surface area contributed by atoms with Crippen LogP contribution in [0.15, 0.2) is 0 Å². The Labute approximate surface area is 169 Å². The first kappa shape index (κ1) is 19.5. The molecule has 28 heavy (non-hydrogen) atoms. The first-order chi connectivity index (χ1) is 13.5. The van der Waals surface area contributed by atoms with Crippen LogP contribution < -0.4 is 5.32 Å². The number of methoxy groups -OCH3 is 3. The molecule has 5 saturated carbocycles. The third-order valence-corrected chi connectivity index (χ3v) is 9.97. The molecule has 0 aromatic heterocycles. The lowest BCUT2D eigenvalue weighted by molar-refractivity contribution is -0.186. The summed E-state index contributed by atoms with van der Waals surface area (Å²) in [5.74, 6) is 2.65. The lowest BCUT2D eigenvalue weighted by Crippen LogP contribution is -2.70. The predicted molar refractivity (Wildman–Crippen MR) is 106 cm³/mol. The molecule has 5 aliphatic carbocycles. The summed E-state index contributed by atoms with van der Waals surface area (Å²) >= 11 is 0. The van der Waals surface area contributed by atoms with Gasteiger partial charge in [-0.15, -0.1) is 0 Å². The van der Waals surface area contributed by atoms with E-state index in [1.165, 1.54) is 6.42 Å². The number of nitrogens with one attached hydrogen (secondary N) is 1. The highest BCUT2D eigenvalue weighted by Gasteiger charge is 2.83. The zero-order chi connectivity index (χ0) is 19.8. The standard InChI is InChI=1S/C23H37NO4/c1-6-24-21-22-11-16(26-3)13-9-15(19(22)20(13)28-5)23(21)14(10-17(22)25)12(2)7-8-18(23)27-4/h12-16,18-21,24H,6-11H2,1-5H3/t12-,13-,14-,15-,16+,18+,19-,20+,21+,22-,23+/m1/s1. The van der Waals surface area contributed by atoms with E-state index in [1.54, 1.807) is 0 Å². The summed E-state index contributed by atoms with van der Waals surface area (Å²) in [6.07, 6.45) is 5.43. The molecule has 158 valence electrons. The normalized spacial score (nSPS) is 56.8. The maximum atomic E-state index is 14.0. The van der Waals surface area contributed by atoms with Gasteiger partial charge in [-0.25, -0.2) is 0 Å². The lowest BCUT2D eigenvalue weighted by Gasteiger charge is -2.61. The molecule has 0 saturated heterocycles. The van der Waals surface area contributed by atoms with E-state index in [2.05, 4.69) is 19.2 Å². The Hall–Kier alpha value is -0.490. The average molecular weight is 392 g/mol. The number of Topliss-reactive ketones (excluding diaryl/α,β-unsaturated/α-hetero) is 1. The SMILES string of the molecule is CCN[C@H]1[C@@]23C[C@H](OC)[C@H]4C[C@H]([C@@H]2[C@H]4OC)[C@@]12[C@@H](OC)CC[C@@H](C)[C@H]2CC3=O. The second-order valence-corrected chi connectivity index (χ2v) is 10.3. The highest BCUT2D eigenvalue weighted by molar-refractivity contribution is 5.89. The van der Waals surface area contributed by atoms with Crippen molar-refractivity contribution in [2.75, 3.05) is 27.9 Å². The topological polar surface area (TPSA) is 56.8 Å². The molecule has 0 heterocycles. The molecule has 1 N–H and O–H groups in total. The molecule has 0 unspecified atom stereocenters. The summed E-state index contributed by atoms with van der Waals surface area (Å²) in [5.41, 5.74) is -0.315. The smallest absolute Gasteiger partial charge is 0.141 e. The summed E-state index contributed by atoms with van der Waals surface area (Å²) in [6, 6.07) is 0.176. The Morgan fingerprint density at radius 3 is 2.54 bits per heavy atom. The van der Waals surface area contributed by atoms with Crippen LogP contribution in [0, 0.1) is 40.4 Å². The minimum Gasteiger partial charge on any atom is -0.381 e. The number of hydrogen-bond donors (Lipinski definition) is 1. The van der Waals surface area contributed by atoms with Gasteiger partial charge in [0.05, 0.1) is 23.7 Å². The maximum absolute atomic E-state index is 14.0. The molecule has 5 nitrogen and oxygen atoms in total. The number of rotatable bonds is 5. The van der Waals surface area contributed by atoms with E-state index in [4.69, 9.17) is 14.2 Å². The number of ketones is 1. The molecule has 11 atom stereocenters. The van der Waals surface area contributed by atoms with Crippen LogP contribution >= 0.6 is 0 Å². The van der Waals surface area contributed by atoms with E-state index < -0.39 is 0 Å². The Bertz CT molecular complexity index is 655. The van der Waals surface area contributed by atoms with Crippen molar-refractivity contribution in [2.45, 2.75) is 70.3 Å². The van der Waals surface area contributed by atoms with Crippen molar-refractivity contribution in [3.05, 3.63) is 0 Å². The van der Waals surface area contributed by atoms with Gasteiger partial charge < -0.3 is 19.5 Å². The second kappa shape index (κ2) is 6.50. The number of fused-ring (bicyclic) bond motifs is 1. The van der Waals surface area contributed by atoms with Gasteiger partial charge in [-0.3, -0.25) is 4.79 Å². The van der Waals surface area contributed by atoms with Crippen molar-refractivity contribution in [2.24, 2.45) is 40.4 Å². The Morgan fingerprint density at radius 2 is 1.89 bits per heavy atom. The van der Waals surface area contributed by atoms with Crippen molar-refractivity contribution in [1.29, 1.82) is 0 Å². The molecule has 4 bridgehead atoms. The van der Waals surface area contributed by atoms with Gasteiger partial charge >= 0.3 is 0 Å². The minimum atomic E-state index is -0.362. The van der Waals surface area contributed by atoms with Crippen molar-refractivity contribution >= 4 is 5.78 Å². The molecule has 2 spiro atoms. The highest BCUT2D eigenvalue weighted by Crippen LogP contribution is 2.77. The molecule has 5 aliphatic rings. The molecule has 0 amide bonds. The third-order valence-electron chi connectivity index (χ3n) is 9.97. The molecule has 0 aromatic rings. The van der Waals surface area contributed by atoms with Gasteiger partial charge in [0.1, 0.15) is 5.78 Å². The van der Waals surface area contributed by atoms with Gasteiger partial charge in [0.2, 0.25) is 0 Å². The number of hydrogen-bond acceptors (Lipinski definition) is 5. The fourth-order valence-electron chi connectivity index (χ4n) is 9.39. The van der Waals surface area contributed by atoms with E-state index in [-0.39, 0.29) is 35.2 Å². The minimum absolute atomic E-state index is 0.0469. The highest BCUT2D eigenvalue weighted by atomic mass is 16.5. The summed E-state index contributed by atoms with van der Waals surface area (Å²) < 4.78 is 18.4. The molecular weight excluding hydrogens is 354 g/mol. The number of carbonyl (C=O) groups is 1. The van der Waals surface area contributed by atoms with Gasteiger partial charge in [0, 0.05) is 51.0 Å². The van der Waals surface area contributed by atoms with E-state index >= 15 is 0 Å². The van der Waals surface area contributed by atoms with Crippen molar-refractivity contribution in [3.8, 4) is 0 Å². The van der Waals surface area contributed by atoms with Crippen LogP contribution in [0.3, 0.4) is 0 Å². The monoisotopic (exact) mass is 391 g/mol. The first-order valence-electron chi connectivity index (χ1n) is 11.4. The number of ether oxygens (including phenoxy) is 3. The van der Waals surface area contributed by atoms with E-state index in [9.17, 15) is 4.79 Å². The Morgan fingerprint density at radius 1 is 1.11 bits per heavy atom. The quantitative estimate of drug-likeness (QED) is 0.781. The molecule has 0 radical (unpaired) electrons. The van der Waals surface area contributed by atoms with Crippen LogP contribution in [0.1, 0.15) is 46.0 Å². The van der Waals surface area contributed by atoms with Crippen LogP contribution in [-0.4, -0.2) is 58.0 Å². The summed E-state index contributed by atoms with van der Waals surface area (Å²) in [7, 11) is 5.55. The number of carbonyl (C=O) groups excluding carboxylic acids is 1. The zero-order valence-corrected chi connectivity index (χ0v) is 18.1. The Balaban J connectivity index is 1.75. The predicted octanol–water partition coefficient (Wildman–Crippen LogP) is 2.67. The fraction of sp³-hybridized carbons (Fsp3) is 0.957. The summed E-state index contributed by atoms with van der Waals surface area (Å²) in [6.45, 7) is 5.44. The van der Waals surface area contributed by atoms with Gasteiger partial charge in [0.25, 0.3) is 0 Å². The summed E-state index contributed by atoms with van der Waals surface area (Å²) in [5, 5.41) is 3.87. The largest absolute Gasteiger partial charge is 0.381 e. The van der Waals surface area contributed by atoms with Crippen LogP contribution in [-0.2, 0) is 19.0 Å². The second-order valence-electron chi connectivity index (χ2n) is 10.3. The maximum Gasteiger partial charge on any atom is 0.141 e. The molecule has 5 heteroatoms. The van der Waals surface area contributed by atoms with Gasteiger partial charge in [-0.2, -0.15) is 0 Å². The zero-order valence-electron chi connectivity index (χ0n) is 18.1. The Kier molecular flexibility index (Phi) is 4.52. The van der Waals surface area contributed by atoms with Crippen LogP contribution in [0.25, 0.3) is 0 Å². The van der Waals surface area contributed by atoms with Crippen molar-refractivity contribution in [3.63, 3.8) is 0 Å². The van der Waals surface area contributed by atoms with Crippen molar-refractivity contribution in [1.82, 2.24) is 5.32 Å². The van der Waals surface area contributed by atoms with Crippen LogP contribution in [0.2, 0.25) is 0 Å². The van der Waals surface area contributed by atoms with Crippen LogP contribution in [0.5, 0.6) is 0 Å². The fourth-order valence-corrected chi connectivity index (χ4v) is 9.39.